The first kappa shape index (κ1) is 13.6. The van der Waals surface area contributed by atoms with Crippen molar-refractivity contribution in [3.8, 4) is 0 Å². The van der Waals surface area contributed by atoms with E-state index < -0.39 is 11.6 Å². The molecule has 1 N–H and O–H groups in total. The summed E-state index contributed by atoms with van der Waals surface area (Å²) in [4.78, 5) is 11.4. The molecule has 0 saturated heterocycles. The normalized spacial score (nSPS) is 18.4. The fourth-order valence-corrected chi connectivity index (χ4v) is 1.71. The van der Waals surface area contributed by atoms with Crippen LogP contribution in [-0.4, -0.2) is 5.91 Å². The van der Waals surface area contributed by atoms with Gasteiger partial charge in [0.15, 0.2) is 0 Å². The third-order valence-corrected chi connectivity index (χ3v) is 2.68. The smallest absolute Gasteiger partial charge is 0.227 e. The summed E-state index contributed by atoms with van der Waals surface area (Å²) >= 11 is 0. The van der Waals surface area contributed by atoms with Crippen molar-refractivity contribution >= 4 is 11.6 Å². The summed E-state index contributed by atoms with van der Waals surface area (Å²) in [5.74, 6) is -1.68. The second-order valence-electron chi connectivity index (χ2n) is 3.85. The van der Waals surface area contributed by atoms with Crippen molar-refractivity contribution in [1.82, 2.24) is 0 Å². The van der Waals surface area contributed by atoms with Gasteiger partial charge < -0.3 is 5.32 Å². The van der Waals surface area contributed by atoms with Crippen LogP contribution in [0.4, 0.5) is 14.5 Å². The van der Waals surface area contributed by atoms with Crippen molar-refractivity contribution in [2.75, 3.05) is 5.32 Å². The van der Waals surface area contributed by atoms with Gasteiger partial charge in [0.1, 0.15) is 11.6 Å². The number of halogens is 2. The Morgan fingerprint density at radius 3 is 2.59 bits per heavy atom. The summed E-state index contributed by atoms with van der Waals surface area (Å²) in [5.41, 5.74) is 0.663. The summed E-state index contributed by atoms with van der Waals surface area (Å²) < 4.78 is 26.3. The van der Waals surface area contributed by atoms with Gasteiger partial charge in [0.25, 0.3) is 0 Å². The predicted octanol–water partition coefficient (Wildman–Crippen LogP) is 3.51. The molecule has 0 spiro atoms. The molecule has 17 heavy (non-hydrogen) atoms. The number of amides is 1. The molecule has 0 radical (unpaired) electrons. The number of benzene rings is 1. The Morgan fingerprint density at radius 2 is 1.94 bits per heavy atom. The zero-order valence-corrected chi connectivity index (χ0v) is 10.3. The Hall–Kier alpha value is -1.45. The molecule has 1 heterocycles. The van der Waals surface area contributed by atoms with Crippen molar-refractivity contribution in [1.29, 1.82) is 0 Å². The Morgan fingerprint density at radius 1 is 1.29 bits per heavy atom. The van der Waals surface area contributed by atoms with Crippen LogP contribution in [0.15, 0.2) is 12.1 Å². The molecule has 2 nitrogen and oxygen atoms in total. The Bertz CT molecular complexity index is 418. The largest absolute Gasteiger partial charge is 0.323 e. The molecule has 0 bridgehead atoms. The van der Waals surface area contributed by atoms with Crippen LogP contribution >= 0.6 is 0 Å². The summed E-state index contributed by atoms with van der Waals surface area (Å²) in [5, 5.41) is 2.49. The first-order valence-electron chi connectivity index (χ1n) is 5.86. The second-order valence-corrected chi connectivity index (χ2v) is 3.85. The highest BCUT2D eigenvalue weighted by Gasteiger charge is 2.22. The predicted molar refractivity (Wildman–Crippen MR) is 63.8 cm³/mol. The average Bonchev–Trinajstić information content (AvgIpc) is 2.44. The van der Waals surface area contributed by atoms with E-state index in [2.05, 4.69) is 5.32 Å². The van der Waals surface area contributed by atoms with Crippen LogP contribution < -0.4 is 5.32 Å². The molecule has 1 aliphatic rings. The topological polar surface area (TPSA) is 29.1 Å². The lowest BCUT2D eigenvalue weighted by atomic mass is 10.0. The van der Waals surface area contributed by atoms with E-state index in [9.17, 15) is 13.6 Å². The Labute approximate surface area is 100 Å². The molecule has 1 aliphatic heterocycles. The highest BCUT2D eigenvalue weighted by atomic mass is 19.1. The summed E-state index contributed by atoms with van der Waals surface area (Å²) in [6.07, 6.45) is 1.13. The number of nitrogens with one attached hydrogen (secondary N) is 1. The van der Waals surface area contributed by atoms with Crippen LogP contribution in [0.5, 0.6) is 0 Å². The van der Waals surface area contributed by atoms with E-state index in [1.165, 1.54) is 6.07 Å². The highest BCUT2D eigenvalue weighted by Crippen LogP contribution is 2.27. The van der Waals surface area contributed by atoms with E-state index in [-0.39, 0.29) is 17.5 Å². The number of hydrogen-bond donors (Lipinski definition) is 1. The van der Waals surface area contributed by atoms with Crippen molar-refractivity contribution < 1.29 is 13.6 Å². The zero-order valence-electron chi connectivity index (χ0n) is 10.3. The van der Waals surface area contributed by atoms with Gasteiger partial charge in [-0.2, -0.15) is 0 Å². The van der Waals surface area contributed by atoms with Crippen molar-refractivity contribution in [3.05, 3.63) is 29.3 Å². The number of carbonyl (C=O) groups is 1. The Balaban J connectivity index is 0.000000686. The van der Waals surface area contributed by atoms with Gasteiger partial charge in [0.2, 0.25) is 5.91 Å². The summed E-state index contributed by atoms with van der Waals surface area (Å²) in [6.45, 7) is 5.77. The Kier molecular flexibility index (Phi) is 4.61. The molecular formula is C13H17F2NO. The second kappa shape index (κ2) is 5.75. The van der Waals surface area contributed by atoms with Crippen LogP contribution in [-0.2, 0) is 11.2 Å². The number of carbonyl (C=O) groups excluding carboxylic acids is 1. The lowest BCUT2D eigenvalue weighted by Gasteiger charge is -2.08. The first-order valence-corrected chi connectivity index (χ1v) is 5.86. The number of fused-ring (bicyclic) bond motifs is 1. The third kappa shape index (κ3) is 3.02. The van der Waals surface area contributed by atoms with Crippen LogP contribution in [0.3, 0.4) is 0 Å². The van der Waals surface area contributed by atoms with Crippen molar-refractivity contribution in [3.63, 3.8) is 0 Å². The van der Waals surface area contributed by atoms with Gasteiger partial charge in [-0.1, -0.05) is 20.8 Å². The van der Waals surface area contributed by atoms with Crippen LogP contribution in [0.25, 0.3) is 0 Å². The molecule has 0 aliphatic carbocycles. The molecule has 1 aromatic rings. The standard InChI is InChI=1S/C11H11F2NO.C2H6/c1-6-2-3-7-4-8(12)5-9(13)10(7)14-11(6)15;1-2/h4-6H,2-3H2,1H3,(H,14,15);1-2H3. The minimum atomic E-state index is -0.701. The van der Waals surface area contributed by atoms with Crippen molar-refractivity contribution in [2.45, 2.75) is 33.6 Å². The highest BCUT2D eigenvalue weighted by molar-refractivity contribution is 5.93. The number of anilines is 1. The van der Waals surface area contributed by atoms with Gasteiger partial charge in [0, 0.05) is 12.0 Å². The van der Waals surface area contributed by atoms with Crippen LogP contribution in [0, 0.1) is 17.6 Å². The van der Waals surface area contributed by atoms with Gasteiger partial charge in [-0.3, -0.25) is 4.79 Å². The SMILES string of the molecule is CC.CC1CCc2cc(F)cc(F)c2NC1=O. The van der Waals surface area contributed by atoms with E-state index in [0.29, 0.717) is 18.4 Å². The van der Waals surface area contributed by atoms with Gasteiger partial charge >= 0.3 is 0 Å². The van der Waals surface area contributed by atoms with Crippen LogP contribution in [0.1, 0.15) is 32.8 Å². The molecule has 0 aromatic heterocycles. The minimum Gasteiger partial charge on any atom is -0.323 e. The molecule has 1 unspecified atom stereocenters. The maximum Gasteiger partial charge on any atom is 0.227 e. The molecule has 1 amide bonds. The van der Waals surface area contributed by atoms with Gasteiger partial charge in [0.05, 0.1) is 5.69 Å². The molecule has 1 atom stereocenters. The molecule has 0 saturated carbocycles. The van der Waals surface area contributed by atoms with E-state index in [1.807, 2.05) is 13.8 Å². The molecule has 1 aromatic carbocycles. The summed E-state index contributed by atoms with van der Waals surface area (Å²) in [6, 6.07) is 2.06. The molecule has 0 fully saturated rings. The fraction of sp³-hybridized carbons (Fsp3) is 0.462. The van der Waals surface area contributed by atoms with E-state index in [4.69, 9.17) is 0 Å². The van der Waals surface area contributed by atoms with Gasteiger partial charge in [-0.05, 0) is 24.5 Å². The zero-order chi connectivity index (χ0) is 13.0. The third-order valence-electron chi connectivity index (χ3n) is 2.68. The monoisotopic (exact) mass is 241 g/mol. The minimum absolute atomic E-state index is 0.130. The maximum absolute atomic E-state index is 13.4. The number of rotatable bonds is 0. The van der Waals surface area contributed by atoms with Gasteiger partial charge in [-0.25, -0.2) is 8.78 Å². The first-order chi connectivity index (χ1) is 8.08. The molecule has 94 valence electrons. The van der Waals surface area contributed by atoms with E-state index >= 15 is 0 Å². The van der Waals surface area contributed by atoms with Crippen LogP contribution in [0.2, 0.25) is 0 Å². The maximum atomic E-state index is 13.4. The fourth-order valence-electron chi connectivity index (χ4n) is 1.71. The lowest BCUT2D eigenvalue weighted by molar-refractivity contribution is -0.119. The average molecular weight is 241 g/mol. The van der Waals surface area contributed by atoms with E-state index in [0.717, 1.165) is 6.07 Å². The summed E-state index contributed by atoms with van der Waals surface area (Å²) in [7, 11) is 0. The number of aryl methyl sites for hydroxylation is 1. The lowest BCUT2D eigenvalue weighted by Crippen LogP contribution is -2.18. The van der Waals surface area contributed by atoms with Crippen molar-refractivity contribution in [2.24, 2.45) is 5.92 Å². The molecule has 2 rings (SSSR count). The van der Waals surface area contributed by atoms with E-state index in [1.54, 1.807) is 6.92 Å². The molecule has 4 heteroatoms. The number of hydrogen-bond acceptors (Lipinski definition) is 1. The molecular weight excluding hydrogens is 224 g/mol. The quantitative estimate of drug-likeness (QED) is 0.740. The van der Waals surface area contributed by atoms with Gasteiger partial charge in [-0.15, -0.1) is 0 Å².